The van der Waals surface area contributed by atoms with E-state index in [-0.39, 0.29) is 6.04 Å². The van der Waals surface area contributed by atoms with Crippen molar-refractivity contribution in [1.82, 2.24) is 4.98 Å². The molecule has 15 heavy (non-hydrogen) atoms. The van der Waals surface area contributed by atoms with Crippen LogP contribution in [0.15, 0.2) is 49.2 Å². The van der Waals surface area contributed by atoms with Gasteiger partial charge in [-0.25, -0.2) is 0 Å². The number of nitrogens with zero attached hydrogens (tertiary/aromatic N) is 1. The second-order valence-corrected chi connectivity index (χ2v) is 3.55. The van der Waals surface area contributed by atoms with Gasteiger partial charge < -0.3 is 5.73 Å². The molecular weight excluding hydrogens is 184 g/mol. The minimum absolute atomic E-state index is 0.0129. The first-order valence-corrected chi connectivity index (χ1v) is 5.03. The highest BCUT2D eigenvalue weighted by Crippen LogP contribution is 2.22. The first-order valence-electron chi connectivity index (χ1n) is 5.03. The van der Waals surface area contributed by atoms with Crippen LogP contribution in [0.4, 0.5) is 0 Å². The van der Waals surface area contributed by atoms with Crippen molar-refractivity contribution in [2.75, 3.05) is 0 Å². The first kappa shape index (κ1) is 9.87. The zero-order chi connectivity index (χ0) is 10.7. The molecule has 1 aromatic heterocycles. The fourth-order valence-electron chi connectivity index (χ4n) is 1.73. The van der Waals surface area contributed by atoms with Crippen molar-refractivity contribution >= 4 is 10.9 Å². The highest BCUT2D eigenvalue weighted by Gasteiger charge is 2.08. The summed E-state index contributed by atoms with van der Waals surface area (Å²) < 4.78 is 0. The summed E-state index contributed by atoms with van der Waals surface area (Å²) in [6.45, 7) is 3.71. The van der Waals surface area contributed by atoms with E-state index >= 15 is 0 Å². The highest BCUT2D eigenvalue weighted by atomic mass is 14.7. The van der Waals surface area contributed by atoms with Crippen LogP contribution in [0.1, 0.15) is 18.0 Å². The summed E-state index contributed by atoms with van der Waals surface area (Å²) in [5, 5.41) is 1.13. The van der Waals surface area contributed by atoms with Crippen molar-refractivity contribution in [2.24, 2.45) is 5.73 Å². The van der Waals surface area contributed by atoms with Gasteiger partial charge in [-0.1, -0.05) is 30.3 Å². The summed E-state index contributed by atoms with van der Waals surface area (Å²) in [5.74, 6) is 0. The molecule has 0 aliphatic carbocycles. The standard InChI is InChI=1S/C13H14N2/c1-2-5-12(14)11-8-3-6-10-7-4-9-15-13(10)11/h2-4,6-9,12H,1,5,14H2/t12-/m0/s1. The van der Waals surface area contributed by atoms with Gasteiger partial charge in [-0.2, -0.15) is 0 Å². The molecule has 0 radical (unpaired) electrons. The molecule has 0 saturated carbocycles. The number of aromatic nitrogens is 1. The van der Waals surface area contributed by atoms with Crippen molar-refractivity contribution < 1.29 is 0 Å². The maximum absolute atomic E-state index is 6.06. The van der Waals surface area contributed by atoms with Gasteiger partial charge >= 0.3 is 0 Å². The van der Waals surface area contributed by atoms with E-state index in [2.05, 4.69) is 11.6 Å². The van der Waals surface area contributed by atoms with E-state index in [0.29, 0.717) is 0 Å². The lowest BCUT2D eigenvalue weighted by Gasteiger charge is -2.11. The van der Waals surface area contributed by atoms with E-state index in [1.807, 2.05) is 36.4 Å². The average Bonchev–Trinajstić information content (AvgIpc) is 2.28. The molecule has 2 N–H and O–H groups in total. The summed E-state index contributed by atoms with van der Waals surface area (Å²) in [4.78, 5) is 4.37. The average molecular weight is 198 g/mol. The Bertz CT molecular complexity index is 471. The molecule has 0 fully saturated rings. The minimum Gasteiger partial charge on any atom is -0.324 e. The smallest absolute Gasteiger partial charge is 0.0749 e. The predicted molar refractivity (Wildman–Crippen MR) is 63.5 cm³/mol. The molecule has 1 atom stereocenters. The zero-order valence-corrected chi connectivity index (χ0v) is 8.56. The first-order chi connectivity index (χ1) is 7.33. The molecule has 0 saturated heterocycles. The highest BCUT2D eigenvalue weighted by molar-refractivity contribution is 5.81. The lowest BCUT2D eigenvalue weighted by molar-refractivity contribution is 0.746. The van der Waals surface area contributed by atoms with Crippen LogP contribution in [-0.2, 0) is 0 Å². The van der Waals surface area contributed by atoms with Gasteiger partial charge in [0.25, 0.3) is 0 Å². The van der Waals surface area contributed by atoms with E-state index in [4.69, 9.17) is 5.73 Å². The summed E-state index contributed by atoms with van der Waals surface area (Å²) in [6, 6.07) is 10.1. The number of benzene rings is 1. The number of para-hydroxylation sites is 1. The summed E-state index contributed by atoms with van der Waals surface area (Å²) in [6.07, 6.45) is 4.41. The van der Waals surface area contributed by atoms with Crippen molar-refractivity contribution in [1.29, 1.82) is 0 Å². The second kappa shape index (κ2) is 4.24. The third kappa shape index (κ3) is 1.90. The molecular formula is C13H14N2. The number of fused-ring (bicyclic) bond motifs is 1. The van der Waals surface area contributed by atoms with Crippen molar-refractivity contribution in [2.45, 2.75) is 12.5 Å². The molecule has 2 rings (SSSR count). The lowest BCUT2D eigenvalue weighted by atomic mass is 10.0. The van der Waals surface area contributed by atoms with Crippen LogP contribution < -0.4 is 5.73 Å². The molecule has 0 spiro atoms. The molecule has 0 unspecified atom stereocenters. The lowest BCUT2D eigenvalue weighted by Crippen LogP contribution is -2.09. The van der Waals surface area contributed by atoms with Crippen LogP contribution in [0.5, 0.6) is 0 Å². The van der Waals surface area contributed by atoms with Gasteiger partial charge in [-0.3, -0.25) is 4.98 Å². The van der Waals surface area contributed by atoms with Crippen molar-refractivity contribution in [3.05, 3.63) is 54.7 Å². The van der Waals surface area contributed by atoms with E-state index in [9.17, 15) is 0 Å². The predicted octanol–water partition coefficient (Wildman–Crippen LogP) is 2.81. The molecule has 1 heterocycles. The van der Waals surface area contributed by atoms with Crippen LogP contribution in [0.25, 0.3) is 10.9 Å². The molecule has 2 nitrogen and oxygen atoms in total. The third-order valence-electron chi connectivity index (χ3n) is 2.48. The second-order valence-electron chi connectivity index (χ2n) is 3.55. The molecule has 0 amide bonds. The molecule has 0 aliphatic heterocycles. The van der Waals surface area contributed by atoms with Gasteiger partial charge in [0.15, 0.2) is 0 Å². The van der Waals surface area contributed by atoms with Gasteiger partial charge in [-0.05, 0) is 18.1 Å². The largest absolute Gasteiger partial charge is 0.324 e. The maximum Gasteiger partial charge on any atom is 0.0749 e. The Labute approximate surface area is 89.4 Å². The Balaban J connectivity index is 2.55. The van der Waals surface area contributed by atoms with Crippen LogP contribution in [0.3, 0.4) is 0 Å². The number of hydrogen-bond acceptors (Lipinski definition) is 2. The van der Waals surface area contributed by atoms with Crippen molar-refractivity contribution in [3.8, 4) is 0 Å². The number of pyridine rings is 1. The number of hydrogen-bond donors (Lipinski definition) is 1. The van der Waals surface area contributed by atoms with Crippen molar-refractivity contribution in [3.63, 3.8) is 0 Å². The van der Waals surface area contributed by atoms with E-state index in [0.717, 1.165) is 22.9 Å². The summed E-state index contributed by atoms with van der Waals surface area (Å²) >= 11 is 0. The van der Waals surface area contributed by atoms with E-state index < -0.39 is 0 Å². The zero-order valence-electron chi connectivity index (χ0n) is 8.56. The minimum atomic E-state index is -0.0129. The molecule has 2 aromatic rings. The Kier molecular flexibility index (Phi) is 2.79. The van der Waals surface area contributed by atoms with Gasteiger partial charge in [0.05, 0.1) is 5.52 Å². The monoisotopic (exact) mass is 198 g/mol. The molecule has 0 aliphatic rings. The maximum atomic E-state index is 6.06. The van der Waals surface area contributed by atoms with Gasteiger partial charge in [0, 0.05) is 17.6 Å². The molecule has 76 valence electrons. The summed E-state index contributed by atoms with van der Waals surface area (Å²) in [7, 11) is 0. The van der Waals surface area contributed by atoms with Gasteiger partial charge in [0.1, 0.15) is 0 Å². The number of rotatable bonds is 3. The molecule has 2 heteroatoms. The Morgan fingerprint density at radius 3 is 2.93 bits per heavy atom. The topological polar surface area (TPSA) is 38.9 Å². The van der Waals surface area contributed by atoms with Gasteiger partial charge in [-0.15, -0.1) is 6.58 Å². The summed E-state index contributed by atoms with van der Waals surface area (Å²) in [5.41, 5.74) is 8.15. The Hall–Kier alpha value is -1.67. The molecule has 0 bridgehead atoms. The third-order valence-corrected chi connectivity index (χ3v) is 2.48. The van der Waals surface area contributed by atoms with Crippen LogP contribution in [-0.4, -0.2) is 4.98 Å². The van der Waals surface area contributed by atoms with Crippen LogP contribution >= 0.6 is 0 Å². The van der Waals surface area contributed by atoms with Crippen LogP contribution in [0.2, 0.25) is 0 Å². The fourth-order valence-corrected chi connectivity index (χ4v) is 1.73. The quantitative estimate of drug-likeness (QED) is 0.770. The normalized spacial score (nSPS) is 12.6. The Morgan fingerprint density at radius 2 is 2.13 bits per heavy atom. The number of nitrogens with two attached hydrogens (primary N) is 1. The molecule has 1 aromatic carbocycles. The fraction of sp³-hybridized carbons (Fsp3) is 0.154. The van der Waals surface area contributed by atoms with Crippen LogP contribution in [0, 0.1) is 0 Å². The van der Waals surface area contributed by atoms with E-state index in [1.54, 1.807) is 6.20 Å². The van der Waals surface area contributed by atoms with Gasteiger partial charge in [0.2, 0.25) is 0 Å². The SMILES string of the molecule is C=CC[C@H](N)c1cccc2cccnc12. The van der Waals surface area contributed by atoms with E-state index in [1.165, 1.54) is 0 Å². The Morgan fingerprint density at radius 1 is 1.33 bits per heavy atom.